The van der Waals surface area contributed by atoms with Gasteiger partial charge in [-0.25, -0.2) is 4.79 Å². The fourth-order valence-electron chi connectivity index (χ4n) is 1.95. The molecule has 1 amide bonds. The Kier molecular flexibility index (Phi) is 4.61. The molecule has 1 aliphatic carbocycles. The zero-order valence-corrected chi connectivity index (χ0v) is 11.7. The Labute approximate surface area is 118 Å². The molecule has 1 fully saturated rings. The van der Waals surface area contributed by atoms with Crippen LogP contribution in [0, 0.1) is 5.92 Å². The number of methoxy groups -OCH3 is 1. The van der Waals surface area contributed by atoms with E-state index in [2.05, 4.69) is 5.32 Å². The van der Waals surface area contributed by atoms with Crippen molar-refractivity contribution in [2.75, 3.05) is 13.7 Å². The molecule has 0 aromatic heterocycles. The number of carbonyl (C=O) groups is 2. The smallest absolute Gasteiger partial charge is 0.338 e. The molecule has 1 saturated carbocycles. The lowest BCUT2D eigenvalue weighted by Gasteiger charge is -2.12. The SMILES string of the molecule is COc1ccc(C(=O)OCC(=O)N[C@@H](C)C2CC2)cc1. The van der Waals surface area contributed by atoms with Gasteiger partial charge in [-0.05, 0) is 49.9 Å². The van der Waals surface area contributed by atoms with Crippen molar-refractivity contribution in [2.45, 2.75) is 25.8 Å². The van der Waals surface area contributed by atoms with E-state index in [0.717, 1.165) is 12.8 Å². The van der Waals surface area contributed by atoms with Crippen LogP contribution in [0.15, 0.2) is 24.3 Å². The van der Waals surface area contributed by atoms with Gasteiger partial charge in [0.25, 0.3) is 5.91 Å². The number of rotatable bonds is 6. The van der Waals surface area contributed by atoms with E-state index in [9.17, 15) is 9.59 Å². The highest BCUT2D eigenvalue weighted by Gasteiger charge is 2.28. The second-order valence-electron chi connectivity index (χ2n) is 5.00. The standard InChI is InChI=1S/C15H19NO4/c1-10(11-3-4-11)16-14(17)9-20-15(18)12-5-7-13(19-2)8-6-12/h5-8,10-11H,3-4,9H2,1-2H3,(H,16,17)/t10-/m0/s1. The maximum absolute atomic E-state index is 11.7. The fraction of sp³-hybridized carbons (Fsp3) is 0.467. The Bertz CT molecular complexity index is 479. The maximum Gasteiger partial charge on any atom is 0.338 e. The van der Waals surface area contributed by atoms with E-state index in [4.69, 9.17) is 9.47 Å². The van der Waals surface area contributed by atoms with Gasteiger partial charge in [0.15, 0.2) is 6.61 Å². The summed E-state index contributed by atoms with van der Waals surface area (Å²) in [5, 5.41) is 2.83. The molecule has 1 aromatic carbocycles. The second-order valence-corrected chi connectivity index (χ2v) is 5.00. The van der Waals surface area contributed by atoms with Crippen molar-refractivity contribution >= 4 is 11.9 Å². The molecule has 0 aliphatic heterocycles. The maximum atomic E-state index is 11.7. The third-order valence-corrected chi connectivity index (χ3v) is 3.38. The number of hydrogen-bond donors (Lipinski definition) is 1. The lowest BCUT2D eigenvalue weighted by Crippen LogP contribution is -2.37. The van der Waals surface area contributed by atoms with Crippen LogP contribution in [0.1, 0.15) is 30.1 Å². The highest BCUT2D eigenvalue weighted by Crippen LogP contribution is 2.32. The summed E-state index contributed by atoms with van der Waals surface area (Å²) in [6, 6.07) is 6.71. The predicted molar refractivity (Wildman–Crippen MR) is 73.6 cm³/mol. The van der Waals surface area contributed by atoms with Crippen LogP contribution in [0.3, 0.4) is 0 Å². The van der Waals surface area contributed by atoms with Crippen molar-refractivity contribution in [1.82, 2.24) is 5.32 Å². The summed E-state index contributed by atoms with van der Waals surface area (Å²) in [5.41, 5.74) is 0.397. The first-order valence-electron chi connectivity index (χ1n) is 6.70. The van der Waals surface area contributed by atoms with E-state index < -0.39 is 5.97 Å². The summed E-state index contributed by atoms with van der Waals surface area (Å²) in [4.78, 5) is 23.4. The van der Waals surface area contributed by atoms with E-state index >= 15 is 0 Å². The highest BCUT2D eigenvalue weighted by molar-refractivity contribution is 5.91. The Morgan fingerprint density at radius 2 is 1.95 bits per heavy atom. The van der Waals surface area contributed by atoms with E-state index in [1.165, 1.54) is 0 Å². The van der Waals surface area contributed by atoms with Crippen molar-refractivity contribution in [3.05, 3.63) is 29.8 Å². The molecular formula is C15H19NO4. The van der Waals surface area contributed by atoms with E-state index in [1.807, 2.05) is 6.92 Å². The zero-order valence-electron chi connectivity index (χ0n) is 11.7. The van der Waals surface area contributed by atoms with Gasteiger partial charge >= 0.3 is 5.97 Å². The first-order valence-corrected chi connectivity index (χ1v) is 6.70. The minimum absolute atomic E-state index is 0.155. The third kappa shape index (κ3) is 3.98. The van der Waals surface area contributed by atoms with Crippen molar-refractivity contribution in [3.8, 4) is 5.75 Å². The largest absolute Gasteiger partial charge is 0.497 e. The van der Waals surface area contributed by atoms with Crippen molar-refractivity contribution in [2.24, 2.45) is 5.92 Å². The minimum Gasteiger partial charge on any atom is -0.497 e. The Morgan fingerprint density at radius 1 is 1.30 bits per heavy atom. The topological polar surface area (TPSA) is 64.6 Å². The average molecular weight is 277 g/mol. The minimum atomic E-state index is -0.512. The van der Waals surface area contributed by atoms with E-state index in [-0.39, 0.29) is 18.6 Å². The van der Waals surface area contributed by atoms with Crippen molar-refractivity contribution in [1.29, 1.82) is 0 Å². The van der Waals surface area contributed by atoms with Gasteiger partial charge in [-0.2, -0.15) is 0 Å². The molecule has 5 nitrogen and oxygen atoms in total. The molecule has 1 atom stereocenters. The average Bonchev–Trinajstić information content (AvgIpc) is 3.29. The molecule has 0 heterocycles. The third-order valence-electron chi connectivity index (χ3n) is 3.38. The number of amides is 1. The molecule has 1 aromatic rings. The van der Waals surface area contributed by atoms with Gasteiger partial charge in [0.2, 0.25) is 0 Å². The molecule has 20 heavy (non-hydrogen) atoms. The lowest BCUT2D eigenvalue weighted by molar-refractivity contribution is -0.124. The Balaban J connectivity index is 1.77. The normalized spacial score (nSPS) is 15.3. The number of ether oxygens (including phenoxy) is 2. The van der Waals surface area contributed by atoms with Gasteiger partial charge < -0.3 is 14.8 Å². The predicted octanol–water partition coefficient (Wildman–Crippen LogP) is 1.77. The van der Waals surface area contributed by atoms with Gasteiger partial charge in [-0.1, -0.05) is 0 Å². The van der Waals surface area contributed by atoms with Gasteiger partial charge in [-0.15, -0.1) is 0 Å². The molecule has 0 spiro atoms. The van der Waals surface area contributed by atoms with E-state index in [1.54, 1.807) is 31.4 Å². The number of nitrogens with one attached hydrogen (secondary N) is 1. The first kappa shape index (κ1) is 14.4. The summed E-state index contributed by atoms with van der Waals surface area (Å²) < 4.78 is 9.98. The van der Waals surface area contributed by atoms with Crippen LogP contribution in [0.2, 0.25) is 0 Å². The van der Waals surface area contributed by atoms with Crippen LogP contribution < -0.4 is 10.1 Å². The molecule has 0 saturated heterocycles. The number of carbonyl (C=O) groups excluding carboxylic acids is 2. The summed E-state index contributed by atoms with van der Waals surface area (Å²) in [6.07, 6.45) is 2.32. The zero-order chi connectivity index (χ0) is 14.5. The summed E-state index contributed by atoms with van der Waals surface area (Å²) >= 11 is 0. The highest BCUT2D eigenvalue weighted by atomic mass is 16.5. The summed E-state index contributed by atoms with van der Waals surface area (Å²) in [6.45, 7) is 1.72. The monoisotopic (exact) mass is 277 g/mol. The molecule has 108 valence electrons. The molecule has 0 radical (unpaired) electrons. The molecule has 0 bridgehead atoms. The van der Waals surface area contributed by atoms with E-state index in [0.29, 0.717) is 17.2 Å². The van der Waals surface area contributed by atoms with Crippen LogP contribution in [0.4, 0.5) is 0 Å². The Hall–Kier alpha value is -2.04. The summed E-state index contributed by atoms with van der Waals surface area (Å²) in [5.74, 6) is 0.474. The molecule has 5 heteroatoms. The Morgan fingerprint density at radius 3 is 2.50 bits per heavy atom. The number of esters is 1. The molecule has 1 N–H and O–H groups in total. The van der Waals surface area contributed by atoms with Crippen molar-refractivity contribution < 1.29 is 19.1 Å². The van der Waals surface area contributed by atoms with Crippen LogP contribution >= 0.6 is 0 Å². The molecule has 1 aliphatic rings. The van der Waals surface area contributed by atoms with Crippen LogP contribution in [-0.2, 0) is 9.53 Å². The van der Waals surface area contributed by atoms with Gasteiger partial charge in [0.1, 0.15) is 5.75 Å². The van der Waals surface area contributed by atoms with Gasteiger partial charge in [-0.3, -0.25) is 4.79 Å². The van der Waals surface area contributed by atoms with Crippen LogP contribution in [0.25, 0.3) is 0 Å². The van der Waals surface area contributed by atoms with Crippen molar-refractivity contribution in [3.63, 3.8) is 0 Å². The summed E-state index contributed by atoms with van der Waals surface area (Å²) in [7, 11) is 1.55. The number of hydrogen-bond acceptors (Lipinski definition) is 4. The van der Waals surface area contributed by atoms with Gasteiger partial charge in [0.05, 0.1) is 12.7 Å². The van der Waals surface area contributed by atoms with Crippen LogP contribution in [-0.4, -0.2) is 31.6 Å². The van der Waals surface area contributed by atoms with Crippen LogP contribution in [0.5, 0.6) is 5.75 Å². The molecule has 2 rings (SSSR count). The molecule has 0 unspecified atom stereocenters. The molecular weight excluding hydrogens is 258 g/mol. The quantitative estimate of drug-likeness (QED) is 0.805. The second kappa shape index (κ2) is 6.41. The number of benzene rings is 1. The fourth-order valence-corrected chi connectivity index (χ4v) is 1.95. The van der Waals surface area contributed by atoms with Gasteiger partial charge in [0, 0.05) is 6.04 Å². The lowest BCUT2D eigenvalue weighted by atomic mass is 10.2. The first-order chi connectivity index (χ1) is 9.60.